The second-order valence-corrected chi connectivity index (χ2v) is 10.3. The monoisotopic (exact) mass is 486 g/mol. The molecule has 0 aliphatic carbocycles. The zero-order chi connectivity index (χ0) is 24.4. The van der Waals surface area contributed by atoms with Crippen molar-refractivity contribution in [2.45, 2.75) is 52.3 Å². The minimum absolute atomic E-state index is 0.0952. The number of carbonyl (C=O) groups excluding carboxylic acids is 1. The molecule has 1 aliphatic rings. The predicted molar refractivity (Wildman–Crippen MR) is 118 cm³/mol. The van der Waals surface area contributed by atoms with Gasteiger partial charge < -0.3 is 5.32 Å². The number of amides is 1. The molecule has 10 heteroatoms. The van der Waals surface area contributed by atoms with E-state index in [9.17, 15) is 30.8 Å². The summed E-state index contributed by atoms with van der Waals surface area (Å²) in [6.07, 6.45) is -3.31. The fourth-order valence-corrected chi connectivity index (χ4v) is 5.50. The molecular weight excluding hydrogens is 460 g/mol. The first-order chi connectivity index (χ1) is 15.4. The van der Waals surface area contributed by atoms with Crippen molar-refractivity contribution in [3.05, 3.63) is 64.0 Å². The van der Waals surface area contributed by atoms with Crippen LogP contribution in [0.1, 0.15) is 47.6 Å². The summed E-state index contributed by atoms with van der Waals surface area (Å²) in [4.78, 5) is 12.6. The van der Waals surface area contributed by atoms with Crippen LogP contribution in [-0.2, 0) is 40.4 Å². The van der Waals surface area contributed by atoms with Crippen molar-refractivity contribution < 1.29 is 30.8 Å². The van der Waals surface area contributed by atoms with Gasteiger partial charge in [0.15, 0.2) is 0 Å². The van der Waals surface area contributed by atoms with Crippen molar-refractivity contribution in [2.24, 2.45) is 0 Å². The van der Waals surface area contributed by atoms with Gasteiger partial charge in [-0.2, -0.15) is 17.5 Å². The van der Waals surface area contributed by atoms with E-state index in [1.165, 1.54) is 4.31 Å². The van der Waals surface area contributed by atoms with Gasteiger partial charge in [-0.25, -0.2) is 12.8 Å². The quantitative estimate of drug-likeness (QED) is 0.571. The maximum Gasteiger partial charge on any atom is 0.419 e. The van der Waals surface area contributed by atoms with Crippen molar-refractivity contribution in [1.82, 2.24) is 4.31 Å². The highest BCUT2D eigenvalue weighted by atomic mass is 32.2. The Hall–Kier alpha value is -2.46. The van der Waals surface area contributed by atoms with Gasteiger partial charge in [0.05, 0.1) is 17.7 Å². The van der Waals surface area contributed by atoms with Gasteiger partial charge in [0, 0.05) is 18.8 Å². The Morgan fingerprint density at radius 1 is 1.18 bits per heavy atom. The zero-order valence-corrected chi connectivity index (χ0v) is 19.2. The zero-order valence-electron chi connectivity index (χ0n) is 18.4. The van der Waals surface area contributed by atoms with Crippen molar-refractivity contribution in [3.63, 3.8) is 0 Å². The summed E-state index contributed by atoms with van der Waals surface area (Å²) in [5.41, 5.74) is 1.72. The molecule has 180 valence electrons. The van der Waals surface area contributed by atoms with Gasteiger partial charge in [-0.05, 0) is 54.2 Å². The number of benzene rings is 2. The highest BCUT2D eigenvalue weighted by Crippen LogP contribution is 2.33. The minimum atomic E-state index is -4.80. The summed E-state index contributed by atoms with van der Waals surface area (Å²) < 4.78 is 78.6. The number of rotatable bonds is 7. The smallest absolute Gasteiger partial charge is 0.325 e. The lowest BCUT2D eigenvalue weighted by Crippen LogP contribution is -2.37. The minimum Gasteiger partial charge on any atom is -0.325 e. The Morgan fingerprint density at radius 2 is 1.91 bits per heavy atom. The Bertz CT molecular complexity index is 1150. The van der Waals surface area contributed by atoms with Crippen LogP contribution in [0.15, 0.2) is 30.3 Å². The second-order valence-electron chi connectivity index (χ2n) is 8.19. The van der Waals surface area contributed by atoms with E-state index < -0.39 is 33.5 Å². The topological polar surface area (TPSA) is 66.5 Å². The number of hydrogen-bond acceptors (Lipinski definition) is 3. The SMILES string of the molecule is CCCCS(=O)(=O)N1CCc2c(ccc(C)c2NC(=O)Cc2ccc(C(F)(F)F)c(F)c2)C1. The number of nitrogens with one attached hydrogen (secondary N) is 1. The molecule has 2 aromatic rings. The number of alkyl halides is 3. The van der Waals surface area contributed by atoms with Crippen LogP contribution in [0, 0.1) is 12.7 Å². The third kappa shape index (κ3) is 5.92. The number of fused-ring (bicyclic) bond motifs is 1. The predicted octanol–water partition coefficient (Wildman–Crippen LogP) is 4.82. The normalized spacial score (nSPS) is 14.7. The van der Waals surface area contributed by atoms with E-state index in [2.05, 4.69) is 5.32 Å². The highest BCUT2D eigenvalue weighted by molar-refractivity contribution is 7.89. The molecule has 0 saturated carbocycles. The third-order valence-corrected chi connectivity index (χ3v) is 7.60. The Morgan fingerprint density at radius 3 is 2.55 bits per heavy atom. The van der Waals surface area contributed by atoms with Crippen LogP contribution in [0.2, 0.25) is 0 Å². The van der Waals surface area contributed by atoms with Crippen molar-refractivity contribution >= 4 is 21.6 Å². The van der Waals surface area contributed by atoms with Crippen LogP contribution in [-0.4, -0.2) is 30.9 Å². The average molecular weight is 487 g/mol. The van der Waals surface area contributed by atoms with Crippen molar-refractivity contribution in [1.29, 1.82) is 0 Å². The standard InChI is InChI=1S/C23H26F4N2O3S/c1-3-4-11-33(31,32)29-10-9-18-17(14-29)7-5-15(2)22(18)28-21(30)13-16-6-8-19(20(24)12-16)23(25,26)27/h5-8,12H,3-4,9-11,13-14H2,1-2H3,(H,28,30). The van der Waals surface area contributed by atoms with Crippen LogP contribution in [0.4, 0.5) is 23.2 Å². The van der Waals surface area contributed by atoms with Crippen molar-refractivity contribution in [3.8, 4) is 0 Å². The lowest BCUT2D eigenvalue weighted by atomic mass is 9.95. The van der Waals surface area contributed by atoms with Crippen LogP contribution < -0.4 is 5.32 Å². The molecule has 1 heterocycles. The molecular formula is C23H26F4N2O3S. The molecule has 0 bridgehead atoms. The summed E-state index contributed by atoms with van der Waals surface area (Å²) >= 11 is 0. The molecule has 0 radical (unpaired) electrons. The molecule has 0 aromatic heterocycles. The van der Waals surface area contributed by atoms with E-state index in [0.29, 0.717) is 31.1 Å². The fraction of sp³-hybridized carbons (Fsp3) is 0.435. The number of nitrogens with zero attached hydrogens (tertiary/aromatic N) is 1. The van der Waals surface area contributed by atoms with Gasteiger partial charge in [-0.15, -0.1) is 0 Å². The number of halogens is 4. The molecule has 2 aromatic carbocycles. The van der Waals surface area contributed by atoms with Crippen LogP contribution >= 0.6 is 0 Å². The molecule has 1 N–H and O–H groups in total. The first-order valence-corrected chi connectivity index (χ1v) is 12.3. The summed E-state index contributed by atoms with van der Waals surface area (Å²) in [6.45, 7) is 4.25. The molecule has 1 amide bonds. The Labute approximate surface area is 190 Å². The first kappa shape index (κ1) is 25.2. The molecule has 0 fully saturated rings. The Balaban J connectivity index is 1.76. The van der Waals surface area contributed by atoms with Crippen molar-refractivity contribution in [2.75, 3.05) is 17.6 Å². The summed E-state index contributed by atoms with van der Waals surface area (Å²) in [5.74, 6) is -1.83. The molecule has 3 rings (SSSR count). The molecule has 0 atom stereocenters. The number of anilines is 1. The van der Waals surface area contributed by atoms with Gasteiger partial charge in [0.1, 0.15) is 5.82 Å². The molecule has 5 nitrogen and oxygen atoms in total. The van der Waals surface area contributed by atoms with E-state index in [4.69, 9.17) is 0 Å². The van der Waals surface area contributed by atoms with Crippen LogP contribution in [0.5, 0.6) is 0 Å². The number of unbranched alkanes of at least 4 members (excludes halogenated alkanes) is 1. The molecule has 0 unspecified atom stereocenters. The number of hydrogen-bond donors (Lipinski definition) is 1. The summed E-state index contributed by atoms with van der Waals surface area (Å²) in [6, 6.07) is 6.05. The summed E-state index contributed by atoms with van der Waals surface area (Å²) in [5, 5.41) is 2.79. The van der Waals surface area contributed by atoms with E-state index in [0.717, 1.165) is 35.2 Å². The maximum absolute atomic E-state index is 13.8. The first-order valence-electron chi connectivity index (χ1n) is 10.7. The maximum atomic E-state index is 13.8. The fourth-order valence-electron chi connectivity index (χ4n) is 3.88. The van der Waals surface area contributed by atoms with E-state index in [1.807, 2.05) is 13.0 Å². The lowest BCUT2D eigenvalue weighted by Gasteiger charge is -2.30. The van der Waals surface area contributed by atoms with Gasteiger partial charge in [-0.3, -0.25) is 4.79 Å². The second kappa shape index (κ2) is 9.80. The highest BCUT2D eigenvalue weighted by Gasteiger charge is 2.34. The van der Waals surface area contributed by atoms with E-state index in [1.54, 1.807) is 13.0 Å². The van der Waals surface area contributed by atoms with Gasteiger partial charge in [0.2, 0.25) is 15.9 Å². The summed E-state index contributed by atoms with van der Waals surface area (Å²) in [7, 11) is -3.36. The van der Waals surface area contributed by atoms with Gasteiger partial charge >= 0.3 is 6.18 Å². The molecule has 0 spiro atoms. The number of sulfonamides is 1. The molecule has 33 heavy (non-hydrogen) atoms. The Kier molecular flexibility index (Phi) is 7.48. The third-order valence-electron chi connectivity index (χ3n) is 5.69. The van der Waals surface area contributed by atoms with E-state index >= 15 is 0 Å². The number of carbonyl (C=O) groups is 1. The average Bonchev–Trinajstić information content (AvgIpc) is 2.73. The van der Waals surface area contributed by atoms with Gasteiger partial charge in [0.25, 0.3) is 0 Å². The van der Waals surface area contributed by atoms with Gasteiger partial charge in [-0.1, -0.05) is 31.5 Å². The van der Waals surface area contributed by atoms with Crippen LogP contribution in [0.3, 0.4) is 0 Å². The molecule has 0 saturated heterocycles. The largest absolute Gasteiger partial charge is 0.419 e. The molecule has 1 aliphatic heterocycles. The van der Waals surface area contributed by atoms with E-state index in [-0.39, 0.29) is 24.3 Å². The van der Waals surface area contributed by atoms with Crippen LogP contribution in [0.25, 0.3) is 0 Å². The number of aryl methyl sites for hydroxylation is 1. The lowest BCUT2D eigenvalue weighted by molar-refractivity contribution is -0.140.